The number of anilines is 1. The van der Waals surface area contributed by atoms with Gasteiger partial charge in [0.25, 0.3) is 5.56 Å². The highest BCUT2D eigenvalue weighted by molar-refractivity contribution is 6.33. The SMILES string of the molecule is Cc1ccc(-n2ncc(N(C)CCC#N)c(Cl)c2=O)cc1Cl. The lowest BCUT2D eigenvalue weighted by atomic mass is 10.2. The smallest absolute Gasteiger partial charge is 0.292 e. The minimum Gasteiger partial charge on any atom is -0.371 e. The van der Waals surface area contributed by atoms with E-state index in [1.165, 1.54) is 10.9 Å². The normalized spacial score (nSPS) is 10.3. The van der Waals surface area contributed by atoms with Crippen LogP contribution >= 0.6 is 23.2 Å². The largest absolute Gasteiger partial charge is 0.371 e. The second-order valence-electron chi connectivity index (χ2n) is 4.82. The fraction of sp³-hybridized carbons (Fsp3) is 0.267. The summed E-state index contributed by atoms with van der Waals surface area (Å²) in [6.07, 6.45) is 1.85. The Morgan fingerprint density at radius 1 is 1.41 bits per heavy atom. The summed E-state index contributed by atoms with van der Waals surface area (Å²) in [5, 5.41) is 13.4. The van der Waals surface area contributed by atoms with Crippen molar-refractivity contribution in [3.05, 3.63) is 50.4 Å². The molecule has 0 unspecified atom stereocenters. The van der Waals surface area contributed by atoms with Gasteiger partial charge in [-0.25, -0.2) is 0 Å². The molecule has 1 aromatic carbocycles. The lowest BCUT2D eigenvalue weighted by Gasteiger charge is -2.19. The Hall–Kier alpha value is -2.03. The average Bonchev–Trinajstić information content (AvgIpc) is 2.50. The first-order chi connectivity index (χ1) is 10.5. The first-order valence-corrected chi connectivity index (χ1v) is 7.33. The molecule has 0 aliphatic carbocycles. The summed E-state index contributed by atoms with van der Waals surface area (Å²) in [5.74, 6) is 0. The van der Waals surface area contributed by atoms with Crippen LogP contribution in [0.3, 0.4) is 0 Å². The van der Waals surface area contributed by atoms with Crippen molar-refractivity contribution in [3.8, 4) is 11.8 Å². The van der Waals surface area contributed by atoms with Crippen LogP contribution in [0.15, 0.2) is 29.2 Å². The molecule has 0 bridgehead atoms. The molecule has 5 nitrogen and oxygen atoms in total. The molecule has 0 fully saturated rings. The monoisotopic (exact) mass is 336 g/mol. The quantitative estimate of drug-likeness (QED) is 0.860. The molecule has 7 heteroatoms. The molecule has 2 aromatic rings. The topological polar surface area (TPSA) is 61.9 Å². The second kappa shape index (κ2) is 6.82. The molecule has 0 amide bonds. The summed E-state index contributed by atoms with van der Waals surface area (Å²) in [4.78, 5) is 14.1. The number of aromatic nitrogens is 2. The Morgan fingerprint density at radius 2 is 2.14 bits per heavy atom. The summed E-state index contributed by atoms with van der Waals surface area (Å²) in [5.41, 5.74) is 1.53. The van der Waals surface area contributed by atoms with Crippen LogP contribution in [0.25, 0.3) is 5.69 Å². The van der Waals surface area contributed by atoms with Crippen molar-refractivity contribution in [2.24, 2.45) is 0 Å². The number of benzene rings is 1. The van der Waals surface area contributed by atoms with E-state index in [0.29, 0.717) is 29.4 Å². The minimum absolute atomic E-state index is 0.0622. The zero-order valence-electron chi connectivity index (χ0n) is 12.2. The van der Waals surface area contributed by atoms with Crippen molar-refractivity contribution < 1.29 is 0 Å². The Kier molecular flexibility index (Phi) is 5.07. The molecule has 22 heavy (non-hydrogen) atoms. The molecule has 0 atom stereocenters. The zero-order chi connectivity index (χ0) is 16.3. The predicted molar refractivity (Wildman–Crippen MR) is 88.1 cm³/mol. The predicted octanol–water partition coefficient (Wildman–Crippen LogP) is 3.20. The number of nitrogens with zero attached hydrogens (tertiary/aromatic N) is 4. The molecule has 0 radical (unpaired) electrons. The number of hydrogen-bond acceptors (Lipinski definition) is 4. The van der Waals surface area contributed by atoms with Gasteiger partial charge in [0, 0.05) is 18.6 Å². The molecule has 0 spiro atoms. The van der Waals surface area contributed by atoms with Crippen LogP contribution in [0.1, 0.15) is 12.0 Å². The third kappa shape index (κ3) is 3.24. The van der Waals surface area contributed by atoms with Crippen molar-refractivity contribution in [2.75, 3.05) is 18.5 Å². The van der Waals surface area contributed by atoms with E-state index in [0.717, 1.165) is 5.56 Å². The summed E-state index contributed by atoms with van der Waals surface area (Å²) in [6.45, 7) is 2.35. The van der Waals surface area contributed by atoms with Gasteiger partial charge in [-0.05, 0) is 24.6 Å². The number of halogens is 2. The van der Waals surface area contributed by atoms with Gasteiger partial charge in [0.1, 0.15) is 5.02 Å². The van der Waals surface area contributed by atoms with Crippen LogP contribution in [0, 0.1) is 18.3 Å². The van der Waals surface area contributed by atoms with Crippen LogP contribution < -0.4 is 10.5 Å². The third-order valence-electron chi connectivity index (χ3n) is 3.27. The van der Waals surface area contributed by atoms with E-state index in [1.54, 1.807) is 24.1 Å². The number of hydrogen-bond donors (Lipinski definition) is 0. The molecule has 1 heterocycles. The van der Waals surface area contributed by atoms with E-state index in [1.807, 2.05) is 19.1 Å². The molecule has 0 N–H and O–H groups in total. The molecule has 0 saturated heterocycles. The molecule has 114 valence electrons. The maximum absolute atomic E-state index is 12.4. The van der Waals surface area contributed by atoms with Crippen molar-refractivity contribution >= 4 is 28.9 Å². The summed E-state index contributed by atoms with van der Waals surface area (Å²) >= 11 is 12.2. The van der Waals surface area contributed by atoms with Crippen LogP contribution in [-0.4, -0.2) is 23.4 Å². The van der Waals surface area contributed by atoms with Gasteiger partial charge in [-0.1, -0.05) is 29.3 Å². The van der Waals surface area contributed by atoms with Gasteiger partial charge in [0.15, 0.2) is 0 Å². The van der Waals surface area contributed by atoms with Gasteiger partial charge in [0.05, 0.1) is 30.1 Å². The van der Waals surface area contributed by atoms with E-state index in [2.05, 4.69) is 5.10 Å². The van der Waals surface area contributed by atoms with E-state index < -0.39 is 5.56 Å². The van der Waals surface area contributed by atoms with Crippen molar-refractivity contribution in [3.63, 3.8) is 0 Å². The van der Waals surface area contributed by atoms with Crippen molar-refractivity contribution in [2.45, 2.75) is 13.3 Å². The number of aryl methyl sites for hydroxylation is 1. The maximum Gasteiger partial charge on any atom is 0.292 e. The van der Waals surface area contributed by atoms with Crippen molar-refractivity contribution in [1.82, 2.24) is 9.78 Å². The molecule has 2 rings (SSSR count). The van der Waals surface area contributed by atoms with Gasteiger partial charge in [0.2, 0.25) is 0 Å². The Morgan fingerprint density at radius 3 is 2.77 bits per heavy atom. The average molecular weight is 337 g/mol. The van der Waals surface area contributed by atoms with Gasteiger partial charge in [-0.15, -0.1) is 0 Å². The summed E-state index contributed by atoms with van der Waals surface area (Å²) < 4.78 is 1.20. The Bertz CT molecular complexity index is 795. The van der Waals surface area contributed by atoms with Gasteiger partial charge >= 0.3 is 0 Å². The second-order valence-corrected chi connectivity index (χ2v) is 5.61. The first-order valence-electron chi connectivity index (χ1n) is 6.58. The third-order valence-corrected chi connectivity index (χ3v) is 4.03. The standard InChI is InChI=1S/C15H14Cl2N4O/c1-10-4-5-11(8-12(10)16)21-15(22)14(17)13(9-19-21)20(2)7-3-6-18/h4-5,8-9H,3,7H2,1-2H3. The van der Waals surface area contributed by atoms with Gasteiger partial charge < -0.3 is 4.90 Å². The summed E-state index contributed by atoms with van der Waals surface area (Å²) in [7, 11) is 1.76. The molecule has 0 aliphatic rings. The molecule has 0 saturated carbocycles. The van der Waals surface area contributed by atoms with Crippen LogP contribution in [0.5, 0.6) is 0 Å². The lowest BCUT2D eigenvalue weighted by molar-refractivity contribution is 0.794. The van der Waals surface area contributed by atoms with Crippen molar-refractivity contribution in [1.29, 1.82) is 5.26 Å². The lowest BCUT2D eigenvalue weighted by Crippen LogP contribution is -2.26. The van der Waals surface area contributed by atoms with Gasteiger partial charge in [-0.3, -0.25) is 4.79 Å². The fourth-order valence-electron chi connectivity index (χ4n) is 1.93. The Labute approximate surface area is 138 Å². The highest BCUT2D eigenvalue weighted by atomic mass is 35.5. The zero-order valence-corrected chi connectivity index (χ0v) is 13.7. The van der Waals surface area contributed by atoms with Crippen LogP contribution in [0.2, 0.25) is 10.0 Å². The highest BCUT2D eigenvalue weighted by Gasteiger charge is 2.14. The number of rotatable bonds is 4. The van der Waals surface area contributed by atoms with Crippen LogP contribution in [-0.2, 0) is 0 Å². The van der Waals surface area contributed by atoms with Gasteiger partial charge in [-0.2, -0.15) is 15.0 Å². The van der Waals surface area contributed by atoms with Crippen LogP contribution in [0.4, 0.5) is 5.69 Å². The summed E-state index contributed by atoms with van der Waals surface area (Å²) in [6, 6.07) is 7.28. The first kappa shape index (κ1) is 16.3. The van der Waals surface area contributed by atoms with E-state index in [9.17, 15) is 4.79 Å². The Balaban J connectivity index is 2.44. The van der Waals surface area contributed by atoms with E-state index in [4.69, 9.17) is 28.5 Å². The molecular weight excluding hydrogens is 323 g/mol. The van der Waals surface area contributed by atoms with E-state index in [-0.39, 0.29) is 5.02 Å². The van der Waals surface area contributed by atoms with E-state index >= 15 is 0 Å². The fourth-order valence-corrected chi connectivity index (χ4v) is 2.37. The molecule has 1 aromatic heterocycles. The highest BCUT2D eigenvalue weighted by Crippen LogP contribution is 2.22. The number of nitriles is 1. The maximum atomic E-state index is 12.4. The molecular formula is C15H14Cl2N4O. The molecule has 0 aliphatic heterocycles. The minimum atomic E-state index is -0.428.